The minimum absolute atomic E-state index is 0.0224. The Balaban J connectivity index is 2.19. The topological polar surface area (TPSA) is 24.5 Å². The molecule has 1 N–H and O–H groups in total. The molecule has 0 saturated carbocycles. The van der Waals surface area contributed by atoms with E-state index in [4.69, 9.17) is 4.74 Å². The third-order valence-electron chi connectivity index (χ3n) is 4.60. The summed E-state index contributed by atoms with van der Waals surface area (Å²) in [5.41, 5.74) is 2.73. The Hall–Kier alpha value is -1.06. The van der Waals surface area contributed by atoms with Gasteiger partial charge in [0.2, 0.25) is 0 Å². The van der Waals surface area contributed by atoms with Gasteiger partial charge in [-0.05, 0) is 51.3 Å². The fourth-order valence-electron chi connectivity index (χ4n) is 3.19. The third-order valence-corrected chi connectivity index (χ3v) is 4.60. The Morgan fingerprint density at radius 1 is 1.38 bits per heavy atom. The van der Waals surface area contributed by atoms with Crippen molar-refractivity contribution in [3.05, 3.63) is 29.8 Å². The van der Waals surface area contributed by atoms with Gasteiger partial charge in [-0.15, -0.1) is 0 Å². The molecule has 2 rings (SSSR count). The average Bonchev–Trinajstić information content (AvgIpc) is 2.52. The zero-order valence-corrected chi connectivity index (χ0v) is 14.0. The molecule has 1 heterocycles. The van der Waals surface area contributed by atoms with Gasteiger partial charge in [-0.3, -0.25) is 0 Å². The second kappa shape index (κ2) is 7.28. The van der Waals surface area contributed by atoms with Crippen LogP contribution in [0.2, 0.25) is 0 Å². The van der Waals surface area contributed by atoms with Crippen molar-refractivity contribution in [1.29, 1.82) is 0 Å². The first-order valence-corrected chi connectivity index (χ1v) is 8.22. The van der Waals surface area contributed by atoms with Crippen LogP contribution in [0.15, 0.2) is 24.3 Å². The number of rotatable bonds is 6. The number of para-hydroxylation sites is 1. The van der Waals surface area contributed by atoms with Crippen LogP contribution in [-0.4, -0.2) is 32.3 Å². The van der Waals surface area contributed by atoms with Gasteiger partial charge in [0.05, 0.1) is 5.60 Å². The van der Waals surface area contributed by atoms with Crippen molar-refractivity contribution in [3.8, 4) is 0 Å². The predicted molar refractivity (Wildman–Crippen MR) is 90.0 cm³/mol. The number of anilines is 1. The Morgan fingerprint density at radius 3 is 2.86 bits per heavy atom. The molecule has 21 heavy (non-hydrogen) atoms. The fourth-order valence-corrected chi connectivity index (χ4v) is 3.19. The molecule has 3 nitrogen and oxygen atoms in total. The van der Waals surface area contributed by atoms with Crippen molar-refractivity contribution < 1.29 is 4.74 Å². The molecule has 0 aliphatic carbocycles. The Labute approximate surface area is 129 Å². The van der Waals surface area contributed by atoms with Crippen LogP contribution in [0.1, 0.15) is 51.6 Å². The van der Waals surface area contributed by atoms with Gasteiger partial charge in [0.1, 0.15) is 0 Å². The van der Waals surface area contributed by atoms with Crippen LogP contribution in [0, 0.1) is 0 Å². The summed E-state index contributed by atoms with van der Waals surface area (Å²) < 4.78 is 5.74. The molecule has 3 heteroatoms. The molecule has 2 atom stereocenters. The van der Waals surface area contributed by atoms with Crippen LogP contribution < -0.4 is 10.2 Å². The first kappa shape index (κ1) is 16.3. The standard InChI is InChI=1S/C18H30N2O/c1-5-12-19-15(2)16-9-6-7-10-17(16)20-13-8-11-18(3,14-20)21-4/h6-7,9-10,15,19H,5,8,11-14H2,1-4H3. The molecule has 0 aromatic heterocycles. The van der Waals surface area contributed by atoms with Crippen molar-refractivity contribution in [2.24, 2.45) is 0 Å². The maximum atomic E-state index is 5.74. The van der Waals surface area contributed by atoms with Crippen molar-refractivity contribution in [2.45, 2.75) is 51.7 Å². The molecule has 0 spiro atoms. The van der Waals surface area contributed by atoms with E-state index in [9.17, 15) is 0 Å². The molecular formula is C18H30N2O. The largest absolute Gasteiger partial charge is 0.377 e. The van der Waals surface area contributed by atoms with Crippen LogP contribution in [0.3, 0.4) is 0 Å². The molecule has 0 bridgehead atoms. The van der Waals surface area contributed by atoms with Gasteiger partial charge in [-0.1, -0.05) is 25.1 Å². The maximum absolute atomic E-state index is 5.74. The van der Waals surface area contributed by atoms with Gasteiger partial charge < -0.3 is 15.0 Å². The molecule has 1 aromatic carbocycles. The quantitative estimate of drug-likeness (QED) is 0.863. The second-order valence-electron chi connectivity index (χ2n) is 6.41. The summed E-state index contributed by atoms with van der Waals surface area (Å²) >= 11 is 0. The Morgan fingerprint density at radius 2 is 2.14 bits per heavy atom. The van der Waals surface area contributed by atoms with Crippen molar-refractivity contribution >= 4 is 5.69 Å². The summed E-state index contributed by atoms with van der Waals surface area (Å²) in [6.07, 6.45) is 3.50. The lowest BCUT2D eigenvalue weighted by Crippen LogP contribution is -2.47. The number of hydrogen-bond donors (Lipinski definition) is 1. The van der Waals surface area contributed by atoms with Gasteiger partial charge >= 0.3 is 0 Å². The van der Waals surface area contributed by atoms with Crippen LogP contribution in [0.25, 0.3) is 0 Å². The van der Waals surface area contributed by atoms with E-state index >= 15 is 0 Å². The molecule has 118 valence electrons. The van der Waals surface area contributed by atoms with Crippen LogP contribution >= 0.6 is 0 Å². The normalized spacial score (nSPS) is 24.1. The van der Waals surface area contributed by atoms with Gasteiger partial charge in [-0.25, -0.2) is 0 Å². The minimum Gasteiger partial charge on any atom is -0.377 e. The van der Waals surface area contributed by atoms with E-state index in [1.165, 1.54) is 17.7 Å². The highest BCUT2D eigenvalue weighted by atomic mass is 16.5. The summed E-state index contributed by atoms with van der Waals surface area (Å²) in [7, 11) is 1.83. The monoisotopic (exact) mass is 290 g/mol. The molecular weight excluding hydrogens is 260 g/mol. The number of methoxy groups -OCH3 is 1. The van der Waals surface area contributed by atoms with Crippen molar-refractivity contribution in [3.63, 3.8) is 0 Å². The first-order chi connectivity index (χ1) is 10.1. The van der Waals surface area contributed by atoms with Gasteiger partial charge in [-0.2, -0.15) is 0 Å². The third kappa shape index (κ3) is 3.98. The van der Waals surface area contributed by atoms with E-state index in [1.54, 1.807) is 0 Å². The van der Waals surface area contributed by atoms with E-state index in [1.807, 2.05) is 7.11 Å². The van der Waals surface area contributed by atoms with Crippen molar-refractivity contribution in [2.75, 3.05) is 31.6 Å². The number of nitrogens with one attached hydrogen (secondary N) is 1. The van der Waals surface area contributed by atoms with E-state index in [-0.39, 0.29) is 5.60 Å². The lowest BCUT2D eigenvalue weighted by atomic mass is 9.93. The van der Waals surface area contributed by atoms with E-state index in [0.29, 0.717) is 6.04 Å². The number of nitrogens with zero attached hydrogens (tertiary/aromatic N) is 1. The molecule has 1 aromatic rings. The SMILES string of the molecule is CCCNC(C)c1ccccc1N1CCCC(C)(OC)C1. The Bertz CT molecular complexity index is 449. The highest BCUT2D eigenvalue weighted by Gasteiger charge is 2.31. The summed E-state index contributed by atoms with van der Waals surface area (Å²) in [6, 6.07) is 9.17. The van der Waals surface area contributed by atoms with Crippen LogP contribution in [0.4, 0.5) is 5.69 Å². The van der Waals surface area contributed by atoms with Gasteiger partial charge in [0.15, 0.2) is 0 Å². The summed E-state index contributed by atoms with van der Waals surface area (Å²) in [5, 5.41) is 3.60. The molecule has 1 aliphatic rings. The van der Waals surface area contributed by atoms with Crippen LogP contribution in [-0.2, 0) is 4.74 Å². The summed E-state index contributed by atoms with van der Waals surface area (Å²) in [6.45, 7) is 9.84. The zero-order valence-electron chi connectivity index (χ0n) is 14.0. The molecule has 1 saturated heterocycles. The average molecular weight is 290 g/mol. The highest BCUT2D eigenvalue weighted by molar-refractivity contribution is 5.55. The predicted octanol–water partition coefficient (Wildman–Crippen LogP) is 3.75. The molecule has 1 fully saturated rings. The molecule has 2 unspecified atom stereocenters. The lowest BCUT2D eigenvalue weighted by molar-refractivity contribution is -0.00469. The molecule has 0 radical (unpaired) electrons. The van der Waals surface area contributed by atoms with Crippen molar-refractivity contribution in [1.82, 2.24) is 5.32 Å². The highest BCUT2D eigenvalue weighted by Crippen LogP contribution is 2.32. The fraction of sp³-hybridized carbons (Fsp3) is 0.667. The number of hydrogen-bond acceptors (Lipinski definition) is 3. The van der Waals surface area contributed by atoms with E-state index < -0.39 is 0 Å². The zero-order chi connectivity index (χ0) is 15.3. The lowest BCUT2D eigenvalue weighted by Gasteiger charge is -2.41. The summed E-state index contributed by atoms with van der Waals surface area (Å²) in [5.74, 6) is 0. The van der Waals surface area contributed by atoms with E-state index in [0.717, 1.165) is 32.5 Å². The van der Waals surface area contributed by atoms with Crippen LogP contribution in [0.5, 0.6) is 0 Å². The molecule has 0 amide bonds. The first-order valence-electron chi connectivity index (χ1n) is 8.22. The number of benzene rings is 1. The van der Waals surface area contributed by atoms with Gasteiger partial charge in [0, 0.05) is 31.9 Å². The molecule has 1 aliphatic heterocycles. The number of ether oxygens (including phenoxy) is 1. The smallest absolute Gasteiger partial charge is 0.0825 e. The minimum atomic E-state index is -0.0224. The Kier molecular flexibility index (Phi) is 5.65. The van der Waals surface area contributed by atoms with Gasteiger partial charge in [0.25, 0.3) is 0 Å². The number of piperidine rings is 1. The maximum Gasteiger partial charge on any atom is 0.0825 e. The summed E-state index contributed by atoms with van der Waals surface area (Å²) in [4.78, 5) is 2.49. The second-order valence-corrected chi connectivity index (χ2v) is 6.41. The van der Waals surface area contributed by atoms with E-state index in [2.05, 4.69) is 55.3 Å².